The molecule has 5 nitrogen and oxygen atoms in total. The summed E-state index contributed by atoms with van der Waals surface area (Å²) in [6.45, 7) is 0. The number of fused-ring (bicyclic) bond motifs is 9. The predicted molar refractivity (Wildman–Crippen MR) is 268 cm³/mol. The van der Waals surface area contributed by atoms with E-state index in [9.17, 15) is 5.26 Å². The normalized spacial score (nSPS) is 11.7. The summed E-state index contributed by atoms with van der Waals surface area (Å²) in [5.41, 5.74) is 16.0. The highest BCUT2D eigenvalue weighted by molar-refractivity contribution is 6.13. The van der Waals surface area contributed by atoms with Crippen LogP contribution in [-0.2, 0) is 0 Å². The number of rotatable bonds is 6. The maximum Gasteiger partial charge on any atom is 0.145 e. The standard InChI is InChI=1S/C60H37N5/c61-38-52-58(64-54-26-11-8-22-47(54)50-34-42(28-30-56(50)64)39-15-3-1-4-16-39)36-44(41-19-13-20-45(33-41)63-53-25-10-7-21-46(53)49-24-14-32-62-60(49)63)37-59(52)65-55-27-12-9-23-48(55)51-35-43(29-31-57(51)65)40-17-5-2-6-18-40/h1-37H. The quantitative estimate of drug-likeness (QED) is 0.168. The lowest BCUT2D eigenvalue weighted by molar-refractivity contribution is 1.12. The molecule has 0 fully saturated rings. The molecule has 0 amide bonds. The summed E-state index contributed by atoms with van der Waals surface area (Å²) < 4.78 is 6.86. The maximum absolute atomic E-state index is 11.6. The lowest BCUT2D eigenvalue weighted by atomic mass is 9.99. The van der Waals surface area contributed by atoms with Crippen LogP contribution in [0.15, 0.2) is 225 Å². The summed E-state index contributed by atoms with van der Waals surface area (Å²) in [5.74, 6) is 0. The molecule has 0 N–H and O–H groups in total. The number of nitrogens with zero attached hydrogens (tertiary/aromatic N) is 5. The molecule has 0 spiro atoms. The van der Waals surface area contributed by atoms with Gasteiger partial charge in [-0.3, -0.25) is 4.57 Å². The van der Waals surface area contributed by atoms with Crippen molar-refractivity contribution in [3.8, 4) is 56.5 Å². The number of hydrogen-bond donors (Lipinski definition) is 0. The smallest absolute Gasteiger partial charge is 0.145 e. The van der Waals surface area contributed by atoms with Gasteiger partial charge in [0.2, 0.25) is 0 Å². The summed E-state index contributed by atoms with van der Waals surface area (Å²) >= 11 is 0. The van der Waals surface area contributed by atoms with E-state index < -0.39 is 0 Å². The Bertz CT molecular complexity index is 3840. The molecule has 65 heavy (non-hydrogen) atoms. The topological polar surface area (TPSA) is 51.5 Å². The third-order valence-electron chi connectivity index (χ3n) is 13.1. The van der Waals surface area contributed by atoms with Gasteiger partial charge in [-0.05, 0) is 112 Å². The fourth-order valence-corrected chi connectivity index (χ4v) is 10.2. The van der Waals surface area contributed by atoms with Crippen molar-refractivity contribution >= 4 is 65.5 Å². The highest BCUT2D eigenvalue weighted by Crippen LogP contribution is 2.42. The van der Waals surface area contributed by atoms with Crippen molar-refractivity contribution < 1.29 is 0 Å². The molecule has 13 aromatic rings. The zero-order valence-electron chi connectivity index (χ0n) is 35.1. The van der Waals surface area contributed by atoms with Crippen LogP contribution in [0.25, 0.3) is 116 Å². The summed E-state index contributed by atoms with van der Waals surface area (Å²) in [4.78, 5) is 4.90. The van der Waals surface area contributed by atoms with E-state index in [1.54, 1.807) is 0 Å². The SMILES string of the molecule is N#Cc1c(-n2c3ccccc3c3cc(-c4ccccc4)ccc32)cc(-c2cccc(-n3c4ccccc4c4cccnc43)c2)cc1-n1c2ccccc2c2cc(-c3ccccc3)ccc21. The zero-order valence-corrected chi connectivity index (χ0v) is 35.1. The van der Waals surface area contributed by atoms with E-state index in [0.717, 1.165) is 116 Å². The molecule has 302 valence electrons. The van der Waals surface area contributed by atoms with Gasteiger partial charge in [-0.25, -0.2) is 4.98 Å². The third-order valence-corrected chi connectivity index (χ3v) is 13.1. The Morgan fingerprint density at radius 3 is 1.32 bits per heavy atom. The van der Waals surface area contributed by atoms with Crippen molar-refractivity contribution in [3.63, 3.8) is 0 Å². The van der Waals surface area contributed by atoms with Gasteiger partial charge in [0.25, 0.3) is 0 Å². The first kappa shape index (κ1) is 36.7. The molecule has 0 radical (unpaired) electrons. The van der Waals surface area contributed by atoms with Crippen molar-refractivity contribution in [2.24, 2.45) is 0 Å². The Morgan fingerprint density at radius 1 is 0.323 bits per heavy atom. The van der Waals surface area contributed by atoms with Crippen LogP contribution in [0.4, 0.5) is 0 Å². The third kappa shape index (κ3) is 5.68. The van der Waals surface area contributed by atoms with Gasteiger partial charge in [-0.1, -0.05) is 140 Å². The summed E-state index contributed by atoms with van der Waals surface area (Å²) in [5, 5.41) is 18.4. The van der Waals surface area contributed by atoms with Gasteiger partial charge >= 0.3 is 0 Å². The Morgan fingerprint density at radius 2 is 0.769 bits per heavy atom. The minimum Gasteiger partial charge on any atom is -0.308 e. The second-order valence-electron chi connectivity index (χ2n) is 16.7. The molecule has 0 aliphatic heterocycles. The van der Waals surface area contributed by atoms with Gasteiger partial charge in [-0.2, -0.15) is 5.26 Å². The van der Waals surface area contributed by atoms with Crippen LogP contribution in [-0.4, -0.2) is 18.7 Å². The van der Waals surface area contributed by atoms with Crippen LogP contribution in [0, 0.1) is 11.3 Å². The minimum atomic E-state index is 0.584. The Balaban J connectivity index is 1.12. The minimum absolute atomic E-state index is 0.584. The van der Waals surface area contributed by atoms with Gasteiger partial charge in [0.1, 0.15) is 17.3 Å². The molecule has 0 aliphatic carbocycles. The molecule has 4 aromatic heterocycles. The van der Waals surface area contributed by atoms with E-state index >= 15 is 0 Å². The Labute approximate surface area is 374 Å². The molecule has 0 bridgehead atoms. The van der Waals surface area contributed by atoms with Crippen LogP contribution in [0.1, 0.15) is 5.56 Å². The molecular formula is C60H37N5. The first-order chi connectivity index (χ1) is 32.2. The van der Waals surface area contributed by atoms with Gasteiger partial charge in [-0.15, -0.1) is 0 Å². The number of aromatic nitrogens is 4. The van der Waals surface area contributed by atoms with E-state index in [-0.39, 0.29) is 0 Å². The number of para-hydroxylation sites is 3. The summed E-state index contributed by atoms with van der Waals surface area (Å²) in [6, 6.07) is 80.2. The average molecular weight is 828 g/mol. The first-order valence-corrected chi connectivity index (χ1v) is 21.9. The fraction of sp³-hybridized carbons (Fsp3) is 0. The molecule has 0 aliphatic rings. The monoisotopic (exact) mass is 827 g/mol. The van der Waals surface area contributed by atoms with E-state index in [1.165, 1.54) is 0 Å². The molecule has 0 saturated heterocycles. The largest absolute Gasteiger partial charge is 0.308 e. The molecule has 0 unspecified atom stereocenters. The Kier molecular flexibility index (Phi) is 8.21. The van der Waals surface area contributed by atoms with E-state index in [0.29, 0.717) is 5.56 Å². The Hall–Kier alpha value is -8.98. The lowest BCUT2D eigenvalue weighted by Gasteiger charge is -2.19. The zero-order chi connectivity index (χ0) is 43.0. The summed E-state index contributed by atoms with van der Waals surface area (Å²) in [7, 11) is 0. The number of hydrogen-bond acceptors (Lipinski definition) is 2. The molecule has 13 rings (SSSR count). The molecule has 9 aromatic carbocycles. The fourth-order valence-electron chi connectivity index (χ4n) is 10.2. The maximum atomic E-state index is 11.6. The number of pyridine rings is 1. The van der Waals surface area contributed by atoms with Gasteiger partial charge in [0.05, 0.1) is 39.0 Å². The van der Waals surface area contributed by atoms with Crippen molar-refractivity contribution in [1.29, 1.82) is 5.26 Å². The van der Waals surface area contributed by atoms with Crippen molar-refractivity contribution in [1.82, 2.24) is 18.7 Å². The molecule has 5 heteroatoms. The number of nitriles is 1. The predicted octanol–water partition coefficient (Wildman–Crippen LogP) is 15.2. The van der Waals surface area contributed by atoms with Crippen molar-refractivity contribution in [2.75, 3.05) is 0 Å². The van der Waals surface area contributed by atoms with Crippen LogP contribution >= 0.6 is 0 Å². The van der Waals surface area contributed by atoms with Crippen molar-refractivity contribution in [2.45, 2.75) is 0 Å². The first-order valence-electron chi connectivity index (χ1n) is 21.9. The van der Waals surface area contributed by atoms with Crippen molar-refractivity contribution in [3.05, 3.63) is 230 Å². The van der Waals surface area contributed by atoms with E-state index in [4.69, 9.17) is 4.98 Å². The highest BCUT2D eigenvalue weighted by Gasteiger charge is 2.23. The lowest BCUT2D eigenvalue weighted by Crippen LogP contribution is -2.05. The second kappa shape index (κ2) is 14.6. The van der Waals surface area contributed by atoms with Crippen LogP contribution in [0.3, 0.4) is 0 Å². The van der Waals surface area contributed by atoms with Crippen LogP contribution < -0.4 is 0 Å². The van der Waals surface area contributed by atoms with E-state index in [2.05, 4.69) is 232 Å². The highest BCUT2D eigenvalue weighted by atomic mass is 15.0. The van der Waals surface area contributed by atoms with E-state index in [1.807, 2.05) is 12.3 Å². The molecular weight excluding hydrogens is 791 g/mol. The van der Waals surface area contributed by atoms with Crippen LogP contribution in [0.2, 0.25) is 0 Å². The average Bonchev–Trinajstić information content (AvgIpc) is 4.02. The molecule has 0 atom stereocenters. The molecule has 0 saturated carbocycles. The van der Waals surface area contributed by atoms with Crippen LogP contribution in [0.5, 0.6) is 0 Å². The molecule has 4 heterocycles. The second-order valence-corrected chi connectivity index (χ2v) is 16.7. The van der Waals surface area contributed by atoms with Gasteiger partial charge in [0, 0.05) is 44.2 Å². The van der Waals surface area contributed by atoms with Gasteiger partial charge < -0.3 is 9.13 Å². The summed E-state index contributed by atoms with van der Waals surface area (Å²) in [6.07, 6.45) is 1.86. The van der Waals surface area contributed by atoms with Gasteiger partial charge in [0.15, 0.2) is 0 Å². The number of benzene rings is 9.